The second kappa shape index (κ2) is 9.00. The van der Waals surface area contributed by atoms with E-state index in [1.54, 1.807) is 36.0 Å². The Morgan fingerprint density at radius 2 is 2.03 bits per heavy atom. The van der Waals surface area contributed by atoms with Gasteiger partial charge in [0.1, 0.15) is 23.1 Å². The maximum absolute atomic E-state index is 12.6. The first-order chi connectivity index (χ1) is 15.0. The topological polar surface area (TPSA) is 117 Å². The maximum atomic E-state index is 12.6. The number of fused-ring (bicyclic) bond motifs is 1. The highest BCUT2D eigenvalue weighted by atomic mass is 16.5. The van der Waals surface area contributed by atoms with Crippen LogP contribution in [0, 0.1) is 11.3 Å². The fraction of sp³-hybridized carbons (Fsp3) is 0.409. The Hall–Kier alpha value is -3.67. The molecule has 0 aliphatic carbocycles. The molecule has 0 spiro atoms. The molecule has 3 aromatic rings. The third-order valence-electron chi connectivity index (χ3n) is 5.54. The minimum absolute atomic E-state index is 0.0666. The van der Waals surface area contributed by atoms with Gasteiger partial charge < -0.3 is 14.6 Å². The van der Waals surface area contributed by atoms with Crippen molar-refractivity contribution in [2.75, 3.05) is 13.1 Å². The molecule has 3 heterocycles. The van der Waals surface area contributed by atoms with Gasteiger partial charge in [-0.3, -0.25) is 14.3 Å². The van der Waals surface area contributed by atoms with E-state index in [9.17, 15) is 9.59 Å². The summed E-state index contributed by atoms with van der Waals surface area (Å²) in [6.07, 6.45) is 4.68. The Morgan fingerprint density at radius 1 is 1.29 bits per heavy atom. The predicted octanol–water partition coefficient (Wildman–Crippen LogP) is 1.92. The van der Waals surface area contributed by atoms with Crippen LogP contribution in [0.1, 0.15) is 37.1 Å². The standard InChI is InChI=1S/C22H24N6O3/c1-27-21-18(14-24-27)22(30)26-19(25-21)3-2-4-20(29)28-11-9-17(10-12-28)31-16-7-5-15(13-23)6-8-16/h5-8,14,17H,2-4,9-12H2,1H3,(H,25,26,30). The fourth-order valence-corrected chi connectivity index (χ4v) is 3.79. The Morgan fingerprint density at radius 3 is 2.74 bits per heavy atom. The first kappa shape index (κ1) is 20.6. The summed E-state index contributed by atoms with van der Waals surface area (Å²) < 4.78 is 7.55. The third-order valence-corrected chi connectivity index (χ3v) is 5.54. The molecule has 0 unspecified atom stereocenters. The van der Waals surface area contributed by atoms with Crippen LogP contribution >= 0.6 is 0 Å². The van der Waals surface area contributed by atoms with Gasteiger partial charge in [-0.1, -0.05) is 0 Å². The number of aromatic amines is 1. The minimum atomic E-state index is -0.205. The van der Waals surface area contributed by atoms with Gasteiger partial charge in [0.25, 0.3) is 5.56 Å². The lowest BCUT2D eigenvalue weighted by Crippen LogP contribution is -2.41. The number of likely N-dealkylation sites (tertiary alicyclic amines) is 1. The van der Waals surface area contributed by atoms with E-state index in [-0.39, 0.29) is 17.6 Å². The van der Waals surface area contributed by atoms with E-state index in [2.05, 4.69) is 21.1 Å². The normalized spacial score (nSPS) is 14.5. The zero-order valence-electron chi connectivity index (χ0n) is 17.4. The van der Waals surface area contributed by atoms with Gasteiger partial charge in [-0.15, -0.1) is 0 Å². The van der Waals surface area contributed by atoms with Gasteiger partial charge in [0.15, 0.2) is 5.65 Å². The Labute approximate surface area is 179 Å². The Bertz CT molecular complexity index is 1170. The summed E-state index contributed by atoms with van der Waals surface area (Å²) in [6, 6.07) is 9.17. The van der Waals surface area contributed by atoms with E-state index in [0.717, 1.165) is 18.6 Å². The number of rotatable bonds is 6. The van der Waals surface area contributed by atoms with Crippen LogP contribution in [-0.4, -0.2) is 49.7 Å². The highest BCUT2D eigenvalue weighted by Gasteiger charge is 2.23. The number of hydrogen-bond donors (Lipinski definition) is 1. The van der Waals surface area contributed by atoms with E-state index in [1.807, 2.05) is 4.90 Å². The van der Waals surface area contributed by atoms with Crippen molar-refractivity contribution in [3.05, 3.63) is 52.2 Å². The van der Waals surface area contributed by atoms with Gasteiger partial charge in [0.2, 0.25) is 5.91 Å². The van der Waals surface area contributed by atoms with Crippen LogP contribution in [0.15, 0.2) is 35.3 Å². The van der Waals surface area contributed by atoms with E-state index in [1.165, 1.54) is 6.20 Å². The second-order valence-electron chi connectivity index (χ2n) is 7.71. The summed E-state index contributed by atoms with van der Waals surface area (Å²) in [7, 11) is 1.75. The zero-order chi connectivity index (χ0) is 21.8. The Balaban J connectivity index is 1.23. The van der Waals surface area contributed by atoms with Crippen LogP contribution in [0.4, 0.5) is 0 Å². The number of nitrogens with one attached hydrogen (secondary N) is 1. The van der Waals surface area contributed by atoms with E-state index < -0.39 is 0 Å². The number of aromatic nitrogens is 4. The summed E-state index contributed by atoms with van der Waals surface area (Å²) in [4.78, 5) is 33.8. The molecule has 1 amide bonds. The molecule has 0 radical (unpaired) electrons. The molecule has 31 heavy (non-hydrogen) atoms. The molecular weight excluding hydrogens is 396 g/mol. The summed E-state index contributed by atoms with van der Waals surface area (Å²) in [5.41, 5.74) is 0.949. The van der Waals surface area contributed by atoms with Crippen LogP contribution in [0.5, 0.6) is 5.75 Å². The molecule has 9 nitrogen and oxygen atoms in total. The van der Waals surface area contributed by atoms with Gasteiger partial charge in [0, 0.05) is 45.8 Å². The number of piperidine rings is 1. The molecule has 1 aromatic carbocycles. The van der Waals surface area contributed by atoms with Crippen LogP contribution < -0.4 is 10.3 Å². The van der Waals surface area contributed by atoms with Crippen LogP contribution in [0.2, 0.25) is 0 Å². The zero-order valence-corrected chi connectivity index (χ0v) is 17.4. The summed E-state index contributed by atoms with van der Waals surface area (Å²) in [5.74, 6) is 1.43. The molecule has 2 aromatic heterocycles. The van der Waals surface area contributed by atoms with Crippen molar-refractivity contribution in [3.63, 3.8) is 0 Å². The molecular formula is C22H24N6O3. The number of carbonyl (C=O) groups excluding carboxylic acids is 1. The van der Waals surface area contributed by atoms with Crippen LogP contribution in [0.25, 0.3) is 11.0 Å². The SMILES string of the molecule is Cn1ncc2c(=O)[nH]c(CCCC(=O)N3CCC(Oc4ccc(C#N)cc4)CC3)nc21. The number of amides is 1. The first-order valence-corrected chi connectivity index (χ1v) is 10.4. The fourth-order valence-electron chi connectivity index (χ4n) is 3.79. The van der Waals surface area contributed by atoms with E-state index in [4.69, 9.17) is 10.00 Å². The highest BCUT2D eigenvalue weighted by molar-refractivity contribution is 5.76. The lowest BCUT2D eigenvalue weighted by molar-refractivity contribution is -0.133. The molecule has 0 bridgehead atoms. The van der Waals surface area contributed by atoms with E-state index >= 15 is 0 Å². The van der Waals surface area contributed by atoms with Crippen molar-refractivity contribution in [2.45, 2.75) is 38.2 Å². The van der Waals surface area contributed by atoms with Crippen LogP contribution in [-0.2, 0) is 18.3 Å². The lowest BCUT2D eigenvalue weighted by Gasteiger charge is -2.32. The molecule has 1 aliphatic heterocycles. The quantitative estimate of drug-likeness (QED) is 0.651. The molecule has 9 heteroatoms. The number of hydrogen-bond acceptors (Lipinski definition) is 6. The molecule has 160 valence electrons. The number of H-pyrrole nitrogens is 1. The maximum Gasteiger partial charge on any atom is 0.262 e. The van der Waals surface area contributed by atoms with Crippen molar-refractivity contribution in [2.24, 2.45) is 7.05 Å². The highest BCUT2D eigenvalue weighted by Crippen LogP contribution is 2.20. The monoisotopic (exact) mass is 420 g/mol. The number of ether oxygens (including phenoxy) is 1. The van der Waals surface area contributed by atoms with Crippen molar-refractivity contribution < 1.29 is 9.53 Å². The molecule has 1 N–H and O–H groups in total. The van der Waals surface area contributed by atoms with Gasteiger partial charge in [-0.25, -0.2) is 4.98 Å². The molecule has 4 rings (SSSR count). The average molecular weight is 420 g/mol. The van der Waals surface area contributed by atoms with Crippen LogP contribution in [0.3, 0.4) is 0 Å². The van der Waals surface area contributed by atoms with Crippen molar-refractivity contribution in [1.82, 2.24) is 24.6 Å². The smallest absolute Gasteiger partial charge is 0.262 e. The van der Waals surface area contributed by atoms with Gasteiger partial charge in [-0.2, -0.15) is 10.4 Å². The third kappa shape index (κ3) is 4.74. The number of aryl methyl sites for hydroxylation is 2. The largest absolute Gasteiger partial charge is 0.490 e. The molecule has 0 atom stereocenters. The number of nitrogens with zero attached hydrogens (tertiary/aromatic N) is 5. The molecule has 0 saturated carbocycles. The second-order valence-corrected chi connectivity index (χ2v) is 7.71. The van der Waals surface area contributed by atoms with Crippen molar-refractivity contribution in [3.8, 4) is 11.8 Å². The molecule has 1 fully saturated rings. The predicted molar refractivity (Wildman–Crippen MR) is 113 cm³/mol. The number of benzene rings is 1. The number of nitriles is 1. The van der Waals surface area contributed by atoms with E-state index in [0.29, 0.717) is 54.8 Å². The van der Waals surface area contributed by atoms with Gasteiger partial charge in [-0.05, 0) is 30.7 Å². The lowest BCUT2D eigenvalue weighted by atomic mass is 10.1. The minimum Gasteiger partial charge on any atom is -0.490 e. The first-order valence-electron chi connectivity index (χ1n) is 10.4. The summed E-state index contributed by atoms with van der Waals surface area (Å²) >= 11 is 0. The van der Waals surface area contributed by atoms with Crippen molar-refractivity contribution >= 4 is 16.9 Å². The summed E-state index contributed by atoms with van der Waals surface area (Å²) in [6.45, 7) is 1.33. The molecule has 1 saturated heterocycles. The Kier molecular flexibility index (Phi) is 5.98. The average Bonchev–Trinajstić information content (AvgIpc) is 3.16. The molecule has 1 aliphatic rings. The number of carbonyl (C=O) groups is 1. The summed E-state index contributed by atoms with van der Waals surface area (Å²) in [5, 5.41) is 13.4. The van der Waals surface area contributed by atoms with Crippen molar-refractivity contribution in [1.29, 1.82) is 5.26 Å². The van der Waals surface area contributed by atoms with Gasteiger partial charge in [0.05, 0.1) is 17.8 Å². The van der Waals surface area contributed by atoms with Gasteiger partial charge >= 0.3 is 0 Å².